The van der Waals surface area contributed by atoms with Gasteiger partial charge in [-0.2, -0.15) is 0 Å². The minimum atomic E-state index is -2.27. The molecule has 0 aliphatic heterocycles. The molecule has 0 saturated carbocycles. The van der Waals surface area contributed by atoms with E-state index in [2.05, 4.69) is 6.08 Å². The highest BCUT2D eigenvalue weighted by Crippen LogP contribution is 2.17. The maximum Gasteiger partial charge on any atom is 0.251 e. The molecule has 0 amide bonds. The predicted octanol–water partition coefficient (Wildman–Crippen LogP) is 2.31. The van der Waals surface area contributed by atoms with Crippen molar-refractivity contribution >= 4 is 0 Å². The van der Waals surface area contributed by atoms with E-state index in [0.717, 1.165) is 19.3 Å². The molecule has 0 aromatic rings. The number of halogens is 2. The van der Waals surface area contributed by atoms with Crippen LogP contribution in [-0.4, -0.2) is 44.2 Å². The van der Waals surface area contributed by atoms with Crippen LogP contribution in [0.25, 0.3) is 0 Å². The third-order valence-electron chi connectivity index (χ3n) is 2.65. The Kier molecular flexibility index (Phi) is 5.79. The summed E-state index contributed by atoms with van der Waals surface area (Å²) in [7, 11) is 1.59. The molecule has 0 aromatic heterocycles. The van der Waals surface area contributed by atoms with Gasteiger partial charge in [0.15, 0.2) is 0 Å². The number of hydrogen-bond donors (Lipinski definition) is 0. The summed E-state index contributed by atoms with van der Waals surface area (Å²) in [6.45, 7) is 0.936. The van der Waals surface area contributed by atoms with Gasteiger partial charge in [-0.1, -0.05) is 12.2 Å². The molecule has 4 heteroatoms. The number of rotatable bonds is 6. The zero-order valence-electron chi connectivity index (χ0n) is 9.16. The van der Waals surface area contributed by atoms with Gasteiger partial charge in [-0.3, -0.25) is 4.90 Å². The van der Waals surface area contributed by atoms with Crippen LogP contribution >= 0.6 is 0 Å². The van der Waals surface area contributed by atoms with Gasteiger partial charge >= 0.3 is 0 Å². The van der Waals surface area contributed by atoms with Gasteiger partial charge in [0.05, 0.1) is 13.2 Å². The summed E-state index contributed by atoms with van der Waals surface area (Å²) in [6, 6.07) is 0.169. The molecule has 88 valence electrons. The van der Waals surface area contributed by atoms with E-state index in [4.69, 9.17) is 4.74 Å². The fourth-order valence-electron chi connectivity index (χ4n) is 1.88. The van der Waals surface area contributed by atoms with Crippen molar-refractivity contribution in [2.24, 2.45) is 0 Å². The molecular formula is C11H19F2NO. The molecular weight excluding hydrogens is 200 g/mol. The fraction of sp³-hybridized carbons (Fsp3) is 0.818. The lowest BCUT2D eigenvalue weighted by Gasteiger charge is -2.30. The Morgan fingerprint density at radius 3 is 2.87 bits per heavy atom. The predicted molar refractivity (Wildman–Crippen MR) is 56.2 cm³/mol. The van der Waals surface area contributed by atoms with Crippen LogP contribution in [0.5, 0.6) is 0 Å². The topological polar surface area (TPSA) is 12.5 Å². The Balaban J connectivity index is 2.45. The largest absolute Gasteiger partial charge is 0.383 e. The Hall–Kier alpha value is -0.480. The van der Waals surface area contributed by atoms with E-state index in [1.54, 1.807) is 7.11 Å². The quantitative estimate of drug-likeness (QED) is 0.636. The lowest BCUT2D eigenvalue weighted by Crippen LogP contribution is -2.40. The molecule has 2 nitrogen and oxygen atoms in total. The molecule has 0 spiro atoms. The molecule has 15 heavy (non-hydrogen) atoms. The van der Waals surface area contributed by atoms with Crippen molar-refractivity contribution < 1.29 is 13.5 Å². The number of nitrogens with zero attached hydrogens (tertiary/aromatic N) is 1. The van der Waals surface area contributed by atoms with E-state index in [-0.39, 0.29) is 12.6 Å². The highest BCUT2D eigenvalue weighted by molar-refractivity contribution is 4.98. The van der Waals surface area contributed by atoms with Crippen molar-refractivity contribution in [1.82, 2.24) is 4.90 Å². The SMILES string of the molecule is COCCN(CC(F)F)[C@H]1C=CCCC1. The number of alkyl halides is 2. The lowest BCUT2D eigenvalue weighted by molar-refractivity contribution is 0.0547. The van der Waals surface area contributed by atoms with Crippen LogP contribution in [0.3, 0.4) is 0 Å². The monoisotopic (exact) mass is 219 g/mol. The standard InChI is InChI=1S/C11H19F2NO/c1-15-8-7-14(9-11(12)13)10-5-3-2-4-6-10/h3,5,10-11H,2,4,6-9H2,1H3/t10-/m0/s1. The van der Waals surface area contributed by atoms with Gasteiger partial charge in [0, 0.05) is 19.7 Å². The second kappa shape index (κ2) is 6.90. The molecule has 0 radical (unpaired) electrons. The Labute approximate surface area is 89.9 Å². The number of methoxy groups -OCH3 is 1. The van der Waals surface area contributed by atoms with E-state index >= 15 is 0 Å². The van der Waals surface area contributed by atoms with Crippen molar-refractivity contribution in [2.75, 3.05) is 26.8 Å². The van der Waals surface area contributed by atoms with Gasteiger partial charge in [0.1, 0.15) is 0 Å². The molecule has 1 atom stereocenters. The van der Waals surface area contributed by atoms with Crippen LogP contribution in [0, 0.1) is 0 Å². The lowest BCUT2D eigenvalue weighted by atomic mass is 10.0. The number of ether oxygens (including phenoxy) is 1. The molecule has 1 aliphatic rings. The third kappa shape index (κ3) is 4.71. The van der Waals surface area contributed by atoms with Crippen molar-refractivity contribution in [1.29, 1.82) is 0 Å². The van der Waals surface area contributed by atoms with E-state index < -0.39 is 6.43 Å². The second-order valence-corrected chi connectivity index (χ2v) is 3.81. The molecule has 1 rings (SSSR count). The fourth-order valence-corrected chi connectivity index (χ4v) is 1.88. The average molecular weight is 219 g/mol. The summed E-state index contributed by atoms with van der Waals surface area (Å²) in [5, 5.41) is 0. The van der Waals surface area contributed by atoms with Crippen LogP contribution in [0.4, 0.5) is 8.78 Å². The first kappa shape index (κ1) is 12.6. The number of allylic oxidation sites excluding steroid dienone is 1. The summed E-state index contributed by atoms with van der Waals surface area (Å²) in [6.07, 6.45) is 5.00. The summed E-state index contributed by atoms with van der Waals surface area (Å²) < 4.78 is 29.7. The molecule has 0 fully saturated rings. The van der Waals surface area contributed by atoms with Gasteiger partial charge in [-0.25, -0.2) is 8.78 Å². The zero-order valence-corrected chi connectivity index (χ0v) is 9.16. The maximum absolute atomic E-state index is 12.4. The maximum atomic E-state index is 12.4. The molecule has 0 unspecified atom stereocenters. The second-order valence-electron chi connectivity index (χ2n) is 3.81. The minimum Gasteiger partial charge on any atom is -0.383 e. The van der Waals surface area contributed by atoms with E-state index in [1.807, 2.05) is 11.0 Å². The van der Waals surface area contributed by atoms with Crippen molar-refractivity contribution in [3.05, 3.63) is 12.2 Å². The Morgan fingerprint density at radius 2 is 2.33 bits per heavy atom. The molecule has 0 aromatic carbocycles. The highest BCUT2D eigenvalue weighted by Gasteiger charge is 2.20. The van der Waals surface area contributed by atoms with E-state index in [9.17, 15) is 8.78 Å². The van der Waals surface area contributed by atoms with Gasteiger partial charge in [0.25, 0.3) is 6.43 Å². The molecule has 0 bridgehead atoms. The first-order valence-electron chi connectivity index (χ1n) is 5.42. The normalized spacial score (nSPS) is 21.5. The van der Waals surface area contributed by atoms with Gasteiger partial charge in [0.2, 0.25) is 0 Å². The van der Waals surface area contributed by atoms with E-state index in [1.165, 1.54) is 0 Å². The summed E-state index contributed by atoms with van der Waals surface area (Å²) >= 11 is 0. The summed E-state index contributed by atoms with van der Waals surface area (Å²) in [5.41, 5.74) is 0. The van der Waals surface area contributed by atoms with Crippen LogP contribution in [-0.2, 0) is 4.74 Å². The Bertz CT molecular complexity index is 197. The third-order valence-corrected chi connectivity index (χ3v) is 2.65. The van der Waals surface area contributed by atoms with Crippen molar-refractivity contribution in [2.45, 2.75) is 31.7 Å². The summed E-state index contributed by atoms with van der Waals surface area (Å²) in [5.74, 6) is 0. The first-order valence-corrected chi connectivity index (χ1v) is 5.42. The first-order chi connectivity index (χ1) is 7.24. The van der Waals surface area contributed by atoms with Crippen LogP contribution in [0.2, 0.25) is 0 Å². The smallest absolute Gasteiger partial charge is 0.251 e. The Morgan fingerprint density at radius 1 is 1.53 bits per heavy atom. The summed E-state index contributed by atoms with van der Waals surface area (Å²) in [4.78, 5) is 1.81. The molecule has 0 N–H and O–H groups in total. The van der Waals surface area contributed by atoms with Gasteiger partial charge in [-0.15, -0.1) is 0 Å². The zero-order chi connectivity index (χ0) is 11.1. The van der Waals surface area contributed by atoms with Crippen LogP contribution < -0.4 is 0 Å². The average Bonchev–Trinajstić information content (AvgIpc) is 2.25. The number of hydrogen-bond acceptors (Lipinski definition) is 2. The van der Waals surface area contributed by atoms with Crippen molar-refractivity contribution in [3.63, 3.8) is 0 Å². The molecule has 0 saturated heterocycles. The highest BCUT2D eigenvalue weighted by atomic mass is 19.3. The van der Waals surface area contributed by atoms with Gasteiger partial charge in [-0.05, 0) is 19.3 Å². The van der Waals surface area contributed by atoms with Crippen LogP contribution in [0.15, 0.2) is 12.2 Å². The van der Waals surface area contributed by atoms with Crippen molar-refractivity contribution in [3.8, 4) is 0 Å². The molecule has 1 aliphatic carbocycles. The minimum absolute atomic E-state index is 0.154. The van der Waals surface area contributed by atoms with E-state index in [0.29, 0.717) is 13.2 Å². The van der Waals surface area contributed by atoms with Gasteiger partial charge < -0.3 is 4.74 Å². The van der Waals surface area contributed by atoms with Crippen LogP contribution in [0.1, 0.15) is 19.3 Å². The molecule has 0 heterocycles.